The maximum atomic E-state index is 11.5. The monoisotopic (exact) mass is 313 g/mol. The second-order valence-electron chi connectivity index (χ2n) is 5.80. The van der Waals surface area contributed by atoms with Crippen LogP contribution in [0.5, 0.6) is 5.75 Å². The van der Waals surface area contributed by atoms with Gasteiger partial charge in [-0.3, -0.25) is 4.79 Å². The van der Waals surface area contributed by atoms with E-state index in [-0.39, 0.29) is 0 Å². The molecule has 2 rings (SSSR count). The summed E-state index contributed by atoms with van der Waals surface area (Å²) in [6, 6.07) is 17.0. The molecule has 4 nitrogen and oxygen atoms in total. The lowest BCUT2D eigenvalue weighted by Gasteiger charge is -2.14. The van der Waals surface area contributed by atoms with Gasteiger partial charge in [-0.05, 0) is 43.8 Å². The molecule has 0 aromatic heterocycles. The second kappa shape index (κ2) is 8.34. The number of ether oxygens (including phenoxy) is 1. The zero-order valence-electron chi connectivity index (χ0n) is 13.6. The van der Waals surface area contributed by atoms with E-state index in [4.69, 9.17) is 4.74 Å². The van der Waals surface area contributed by atoms with Crippen LogP contribution in [0.15, 0.2) is 54.6 Å². The molecule has 1 atom stereocenters. The first-order valence-electron chi connectivity index (χ1n) is 7.70. The van der Waals surface area contributed by atoms with Crippen LogP contribution in [0.2, 0.25) is 0 Å². The maximum Gasteiger partial charge on any atom is 0.311 e. The van der Waals surface area contributed by atoms with Crippen LogP contribution in [0.25, 0.3) is 0 Å². The Balaban J connectivity index is 2.00. The molecule has 0 aliphatic carbocycles. The highest BCUT2D eigenvalue weighted by atomic mass is 16.5. The van der Waals surface area contributed by atoms with Crippen molar-refractivity contribution in [3.63, 3.8) is 0 Å². The van der Waals surface area contributed by atoms with Gasteiger partial charge in [-0.1, -0.05) is 42.5 Å². The fourth-order valence-electron chi connectivity index (χ4n) is 2.34. The Labute approximate surface area is 137 Å². The smallest absolute Gasteiger partial charge is 0.311 e. The van der Waals surface area contributed by atoms with Crippen LogP contribution in [-0.4, -0.2) is 43.2 Å². The molecule has 0 radical (unpaired) electrons. The number of rotatable bonds is 8. The first-order chi connectivity index (χ1) is 11.1. The fraction of sp³-hybridized carbons (Fsp3) is 0.316. The van der Waals surface area contributed by atoms with E-state index in [1.165, 1.54) is 0 Å². The van der Waals surface area contributed by atoms with Gasteiger partial charge in [0.15, 0.2) is 0 Å². The van der Waals surface area contributed by atoms with Gasteiger partial charge in [0, 0.05) is 6.54 Å². The molecule has 122 valence electrons. The van der Waals surface area contributed by atoms with Crippen molar-refractivity contribution in [1.82, 2.24) is 4.90 Å². The molecule has 1 unspecified atom stereocenters. The Hall–Kier alpha value is -2.33. The van der Waals surface area contributed by atoms with Gasteiger partial charge in [-0.2, -0.15) is 0 Å². The summed E-state index contributed by atoms with van der Waals surface area (Å²) in [6.45, 7) is 1.49. The lowest BCUT2D eigenvalue weighted by Crippen LogP contribution is -2.19. The molecule has 0 spiro atoms. The van der Waals surface area contributed by atoms with Gasteiger partial charge >= 0.3 is 5.97 Å². The third kappa shape index (κ3) is 5.42. The Kier molecular flexibility index (Phi) is 6.18. The van der Waals surface area contributed by atoms with Crippen LogP contribution in [0.3, 0.4) is 0 Å². The van der Waals surface area contributed by atoms with E-state index >= 15 is 0 Å². The SMILES string of the molecule is CN(C)CCOc1ccc(CC(C(=O)O)c2ccccc2)cc1. The highest BCUT2D eigenvalue weighted by molar-refractivity contribution is 5.76. The summed E-state index contributed by atoms with van der Waals surface area (Å²) in [7, 11) is 4.00. The van der Waals surface area contributed by atoms with Crippen molar-refractivity contribution < 1.29 is 14.6 Å². The Bertz CT molecular complexity index is 608. The molecule has 0 amide bonds. The molecule has 0 heterocycles. The molecule has 2 aromatic rings. The van der Waals surface area contributed by atoms with Gasteiger partial charge in [0.25, 0.3) is 0 Å². The molecular weight excluding hydrogens is 290 g/mol. The zero-order chi connectivity index (χ0) is 16.7. The van der Waals surface area contributed by atoms with Crippen LogP contribution < -0.4 is 4.74 Å². The highest BCUT2D eigenvalue weighted by Gasteiger charge is 2.19. The van der Waals surface area contributed by atoms with E-state index in [0.29, 0.717) is 13.0 Å². The number of nitrogens with zero attached hydrogens (tertiary/aromatic N) is 1. The summed E-state index contributed by atoms with van der Waals surface area (Å²) in [5.74, 6) is -0.526. The number of carbonyl (C=O) groups is 1. The predicted octanol–water partition coefficient (Wildman–Crippen LogP) is 3.04. The average molecular weight is 313 g/mol. The summed E-state index contributed by atoms with van der Waals surface area (Å²) in [5, 5.41) is 9.48. The van der Waals surface area contributed by atoms with Gasteiger partial charge in [0.1, 0.15) is 12.4 Å². The molecule has 0 aliphatic rings. The van der Waals surface area contributed by atoms with E-state index in [1.54, 1.807) is 0 Å². The second-order valence-corrected chi connectivity index (χ2v) is 5.80. The van der Waals surface area contributed by atoms with Crippen LogP contribution >= 0.6 is 0 Å². The fourth-order valence-corrected chi connectivity index (χ4v) is 2.34. The van der Waals surface area contributed by atoms with Crippen LogP contribution in [0, 0.1) is 0 Å². The number of carboxylic acid groups (broad SMARTS) is 1. The molecule has 23 heavy (non-hydrogen) atoms. The molecule has 0 bridgehead atoms. The zero-order valence-corrected chi connectivity index (χ0v) is 13.6. The van der Waals surface area contributed by atoms with E-state index in [9.17, 15) is 9.90 Å². The van der Waals surface area contributed by atoms with Gasteiger partial charge < -0.3 is 14.7 Å². The third-order valence-corrected chi connectivity index (χ3v) is 3.67. The van der Waals surface area contributed by atoms with E-state index in [1.807, 2.05) is 68.7 Å². The summed E-state index contributed by atoms with van der Waals surface area (Å²) < 4.78 is 5.65. The van der Waals surface area contributed by atoms with Crippen molar-refractivity contribution in [1.29, 1.82) is 0 Å². The van der Waals surface area contributed by atoms with Gasteiger partial charge in [-0.15, -0.1) is 0 Å². The minimum atomic E-state index is -0.803. The lowest BCUT2D eigenvalue weighted by molar-refractivity contribution is -0.138. The van der Waals surface area contributed by atoms with Crippen molar-refractivity contribution >= 4 is 5.97 Å². The summed E-state index contributed by atoms with van der Waals surface area (Å²) in [6.07, 6.45) is 0.470. The van der Waals surface area contributed by atoms with E-state index in [0.717, 1.165) is 23.4 Å². The molecule has 2 aromatic carbocycles. The summed E-state index contributed by atoms with van der Waals surface area (Å²) in [4.78, 5) is 13.6. The standard InChI is InChI=1S/C19H23NO3/c1-20(2)12-13-23-17-10-8-15(9-11-17)14-18(19(21)22)16-6-4-3-5-7-16/h3-11,18H,12-14H2,1-2H3,(H,21,22). The van der Waals surface area contributed by atoms with Crippen molar-refractivity contribution in [2.45, 2.75) is 12.3 Å². The van der Waals surface area contributed by atoms with Crippen LogP contribution in [0.4, 0.5) is 0 Å². The van der Waals surface area contributed by atoms with Gasteiger partial charge in [0.05, 0.1) is 5.92 Å². The normalized spacial score (nSPS) is 12.1. The minimum Gasteiger partial charge on any atom is -0.492 e. The maximum absolute atomic E-state index is 11.5. The van der Waals surface area contributed by atoms with Crippen molar-refractivity contribution in [3.05, 3.63) is 65.7 Å². The number of carboxylic acids is 1. The largest absolute Gasteiger partial charge is 0.492 e. The molecule has 1 N–H and O–H groups in total. The number of aliphatic carboxylic acids is 1. The minimum absolute atomic E-state index is 0.470. The first-order valence-corrected chi connectivity index (χ1v) is 7.70. The van der Waals surface area contributed by atoms with Crippen molar-refractivity contribution in [3.8, 4) is 5.75 Å². The Morgan fingerprint density at radius 2 is 1.74 bits per heavy atom. The quantitative estimate of drug-likeness (QED) is 0.814. The number of likely N-dealkylation sites (N-methyl/N-ethyl adjacent to an activating group) is 1. The highest BCUT2D eigenvalue weighted by Crippen LogP contribution is 2.22. The average Bonchev–Trinajstić information content (AvgIpc) is 2.54. The van der Waals surface area contributed by atoms with Crippen LogP contribution in [-0.2, 0) is 11.2 Å². The molecule has 0 fully saturated rings. The van der Waals surface area contributed by atoms with Gasteiger partial charge in [0.2, 0.25) is 0 Å². The molecule has 0 aliphatic heterocycles. The molecule has 4 heteroatoms. The first kappa shape index (κ1) is 17.0. The molecule has 0 saturated heterocycles. The van der Waals surface area contributed by atoms with E-state index < -0.39 is 11.9 Å². The Morgan fingerprint density at radius 3 is 2.30 bits per heavy atom. The van der Waals surface area contributed by atoms with Crippen molar-refractivity contribution in [2.75, 3.05) is 27.2 Å². The number of hydrogen-bond acceptors (Lipinski definition) is 3. The number of hydrogen-bond donors (Lipinski definition) is 1. The van der Waals surface area contributed by atoms with Gasteiger partial charge in [-0.25, -0.2) is 0 Å². The lowest BCUT2D eigenvalue weighted by atomic mass is 9.92. The summed E-state index contributed by atoms with van der Waals surface area (Å²) in [5.41, 5.74) is 1.81. The predicted molar refractivity (Wildman–Crippen MR) is 91.0 cm³/mol. The topological polar surface area (TPSA) is 49.8 Å². The van der Waals surface area contributed by atoms with Crippen LogP contribution in [0.1, 0.15) is 17.0 Å². The van der Waals surface area contributed by atoms with E-state index in [2.05, 4.69) is 4.90 Å². The third-order valence-electron chi connectivity index (χ3n) is 3.67. The number of benzene rings is 2. The molecule has 0 saturated carbocycles. The molecular formula is C19H23NO3. The summed E-state index contributed by atoms with van der Waals surface area (Å²) >= 11 is 0. The Morgan fingerprint density at radius 1 is 1.09 bits per heavy atom. The van der Waals surface area contributed by atoms with Crippen molar-refractivity contribution in [2.24, 2.45) is 0 Å².